The van der Waals surface area contributed by atoms with E-state index in [1.165, 1.54) is 0 Å². The Kier molecular flexibility index (Phi) is 3.54. The van der Waals surface area contributed by atoms with E-state index >= 15 is 0 Å². The molecule has 1 unspecified atom stereocenters. The second-order valence-corrected chi connectivity index (χ2v) is 5.81. The minimum Gasteiger partial charge on any atom is -0.329 e. The molecule has 1 N–H and O–H groups in total. The van der Waals surface area contributed by atoms with Gasteiger partial charge < -0.3 is 4.98 Å². The molecule has 0 aliphatic carbocycles. The van der Waals surface area contributed by atoms with Crippen LogP contribution in [0.1, 0.15) is 18.5 Å². The van der Waals surface area contributed by atoms with Crippen molar-refractivity contribution in [1.29, 1.82) is 0 Å². The molecule has 0 aliphatic heterocycles. The quantitative estimate of drug-likeness (QED) is 0.672. The number of aromatic nitrogens is 3. The van der Waals surface area contributed by atoms with Gasteiger partial charge in [-0.15, -0.1) is 0 Å². The SMILES string of the molecule is CC(c1ccc(Cl)cc1)n1c(=S)[nH]c2cc(Cl)cnc21. The largest absolute Gasteiger partial charge is 0.329 e. The van der Waals surface area contributed by atoms with Crippen LogP contribution in [-0.2, 0) is 0 Å². The number of pyridine rings is 1. The highest BCUT2D eigenvalue weighted by atomic mass is 35.5. The van der Waals surface area contributed by atoms with Gasteiger partial charge in [0, 0.05) is 11.2 Å². The second kappa shape index (κ2) is 5.20. The van der Waals surface area contributed by atoms with Crippen molar-refractivity contribution in [2.45, 2.75) is 13.0 Å². The van der Waals surface area contributed by atoms with E-state index in [4.69, 9.17) is 35.4 Å². The maximum absolute atomic E-state index is 5.95. The molecule has 0 amide bonds. The molecule has 1 atom stereocenters. The van der Waals surface area contributed by atoms with Crippen LogP contribution in [0.5, 0.6) is 0 Å². The van der Waals surface area contributed by atoms with E-state index in [0.29, 0.717) is 14.8 Å². The van der Waals surface area contributed by atoms with Gasteiger partial charge in [0.1, 0.15) is 0 Å². The number of nitrogens with one attached hydrogen (secondary N) is 1. The molecule has 2 aromatic heterocycles. The smallest absolute Gasteiger partial charge is 0.179 e. The lowest BCUT2D eigenvalue weighted by molar-refractivity contribution is 0.644. The Balaban J connectivity index is 2.16. The first-order valence-corrected chi connectivity index (χ1v) is 7.24. The normalized spacial score (nSPS) is 12.8. The van der Waals surface area contributed by atoms with Crippen LogP contribution >= 0.6 is 35.4 Å². The summed E-state index contributed by atoms with van der Waals surface area (Å²) in [5.74, 6) is 0. The maximum atomic E-state index is 5.95. The minimum absolute atomic E-state index is 0.0576. The van der Waals surface area contributed by atoms with E-state index in [9.17, 15) is 0 Å². The highest BCUT2D eigenvalue weighted by molar-refractivity contribution is 7.71. The Labute approximate surface area is 131 Å². The molecule has 20 heavy (non-hydrogen) atoms. The molecule has 0 aliphatic rings. The maximum Gasteiger partial charge on any atom is 0.179 e. The van der Waals surface area contributed by atoms with Gasteiger partial charge in [-0.3, -0.25) is 4.57 Å². The summed E-state index contributed by atoms with van der Waals surface area (Å²) in [5.41, 5.74) is 2.74. The van der Waals surface area contributed by atoms with Crippen LogP contribution in [0.15, 0.2) is 36.5 Å². The van der Waals surface area contributed by atoms with E-state index in [0.717, 1.165) is 16.7 Å². The first-order valence-electron chi connectivity index (χ1n) is 6.07. The van der Waals surface area contributed by atoms with Crippen LogP contribution in [-0.4, -0.2) is 14.5 Å². The molecule has 0 radical (unpaired) electrons. The molecular weight excluding hydrogens is 313 g/mol. The summed E-state index contributed by atoms with van der Waals surface area (Å²) in [6.45, 7) is 2.07. The van der Waals surface area contributed by atoms with Crippen LogP contribution in [0.3, 0.4) is 0 Å². The molecule has 0 spiro atoms. The van der Waals surface area contributed by atoms with Crippen molar-refractivity contribution in [2.75, 3.05) is 0 Å². The predicted molar refractivity (Wildman–Crippen MR) is 85.2 cm³/mol. The predicted octanol–water partition coefficient (Wildman–Crippen LogP) is 5.01. The number of aromatic amines is 1. The van der Waals surface area contributed by atoms with Crippen molar-refractivity contribution in [3.05, 3.63) is 56.9 Å². The number of hydrogen-bond acceptors (Lipinski definition) is 2. The molecule has 3 nitrogen and oxygen atoms in total. The van der Waals surface area contributed by atoms with Gasteiger partial charge in [-0.25, -0.2) is 4.98 Å². The van der Waals surface area contributed by atoms with Gasteiger partial charge in [0.25, 0.3) is 0 Å². The fourth-order valence-corrected chi connectivity index (χ4v) is 2.88. The average molecular weight is 324 g/mol. The standard InChI is InChI=1S/C14H11Cl2N3S/c1-8(9-2-4-10(15)5-3-9)19-13-12(18-14(19)20)6-11(16)7-17-13/h2-8H,1H3,(H,18,20). The number of imidazole rings is 1. The zero-order chi connectivity index (χ0) is 14.3. The van der Waals surface area contributed by atoms with E-state index in [-0.39, 0.29) is 6.04 Å². The molecule has 102 valence electrons. The van der Waals surface area contributed by atoms with E-state index in [1.807, 2.05) is 34.9 Å². The van der Waals surface area contributed by atoms with E-state index in [1.54, 1.807) is 6.20 Å². The third kappa shape index (κ3) is 2.35. The van der Waals surface area contributed by atoms with Crippen LogP contribution in [0.25, 0.3) is 11.2 Å². The molecular formula is C14H11Cl2N3S. The van der Waals surface area contributed by atoms with Gasteiger partial charge >= 0.3 is 0 Å². The summed E-state index contributed by atoms with van der Waals surface area (Å²) in [4.78, 5) is 7.51. The Hall–Kier alpha value is -1.36. The lowest BCUT2D eigenvalue weighted by Crippen LogP contribution is -2.07. The molecule has 0 saturated heterocycles. The van der Waals surface area contributed by atoms with Crippen molar-refractivity contribution in [3.63, 3.8) is 0 Å². The van der Waals surface area contributed by atoms with Gasteiger partial charge in [0.05, 0.1) is 16.6 Å². The number of rotatable bonds is 2. The van der Waals surface area contributed by atoms with Crippen LogP contribution in [0.2, 0.25) is 10.0 Å². The molecule has 3 rings (SSSR count). The molecule has 1 aromatic carbocycles. The molecule has 0 fully saturated rings. The van der Waals surface area contributed by atoms with Crippen LogP contribution < -0.4 is 0 Å². The summed E-state index contributed by atoms with van der Waals surface area (Å²) in [7, 11) is 0. The number of nitrogens with zero attached hydrogens (tertiary/aromatic N) is 2. The van der Waals surface area contributed by atoms with Crippen molar-refractivity contribution in [1.82, 2.24) is 14.5 Å². The Bertz CT molecular complexity index is 821. The van der Waals surface area contributed by atoms with Gasteiger partial charge in [0.15, 0.2) is 10.4 Å². The lowest BCUT2D eigenvalue weighted by Gasteiger charge is -2.14. The Morgan fingerprint density at radius 1 is 1.20 bits per heavy atom. The minimum atomic E-state index is 0.0576. The first-order chi connectivity index (χ1) is 9.56. The number of hydrogen-bond donors (Lipinski definition) is 1. The monoisotopic (exact) mass is 323 g/mol. The molecule has 0 saturated carbocycles. The third-order valence-corrected chi connectivity index (χ3v) is 4.02. The van der Waals surface area contributed by atoms with Crippen molar-refractivity contribution < 1.29 is 0 Å². The fourth-order valence-electron chi connectivity index (χ4n) is 2.24. The molecule has 2 heterocycles. The molecule has 3 aromatic rings. The van der Waals surface area contributed by atoms with Crippen molar-refractivity contribution >= 4 is 46.6 Å². The van der Waals surface area contributed by atoms with Gasteiger partial charge in [-0.05, 0) is 42.9 Å². The molecule has 0 bridgehead atoms. The summed E-state index contributed by atoms with van der Waals surface area (Å²) in [6, 6.07) is 9.60. The van der Waals surface area contributed by atoms with E-state index in [2.05, 4.69) is 16.9 Å². The summed E-state index contributed by atoms with van der Waals surface area (Å²) >= 11 is 17.3. The lowest BCUT2D eigenvalue weighted by atomic mass is 10.1. The van der Waals surface area contributed by atoms with Gasteiger partial charge in [-0.1, -0.05) is 35.3 Å². The fraction of sp³-hybridized carbons (Fsp3) is 0.143. The van der Waals surface area contributed by atoms with Crippen molar-refractivity contribution in [3.8, 4) is 0 Å². The highest BCUT2D eigenvalue weighted by Crippen LogP contribution is 2.25. The highest BCUT2D eigenvalue weighted by Gasteiger charge is 2.14. The Morgan fingerprint density at radius 3 is 2.60 bits per heavy atom. The third-order valence-electron chi connectivity index (χ3n) is 3.26. The number of H-pyrrole nitrogens is 1. The first kappa shape index (κ1) is 13.6. The average Bonchev–Trinajstić information content (AvgIpc) is 2.73. The number of fused-ring (bicyclic) bond motifs is 1. The van der Waals surface area contributed by atoms with Crippen LogP contribution in [0, 0.1) is 4.77 Å². The van der Waals surface area contributed by atoms with Crippen molar-refractivity contribution in [2.24, 2.45) is 0 Å². The number of halogens is 2. The summed E-state index contributed by atoms with van der Waals surface area (Å²) in [6.07, 6.45) is 1.62. The van der Waals surface area contributed by atoms with Crippen LogP contribution in [0.4, 0.5) is 0 Å². The number of benzene rings is 1. The van der Waals surface area contributed by atoms with Gasteiger partial charge in [0.2, 0.25) is 0 Å². The zero-order valence-electron chi connectivity index (χ0n) is 10.6. The Morgan fingerprint density at radius 2 is 1.90 bits per heavy atom. The van der Waals surface area contributed by atoms with Gasteiger partial charge in [-0.2, -0.15) is 0 Å². The second-order valence-electron chi connectivity index (χ2n) is 4.55. The summed E-state index contributed by atoms with van der Waals surface area (Å²) < 4.78 is 2.60. The van der Waals surface area contributed by atoms with E-state index < -0.39 is 0 Å². The molecule has 6 heteroatoms. The summed E-state index contributed by atoms with van der Waals surface area (Å²) in [5, 5.41) is 1.30. The topological polar surface area (TPSA) is 33.6 Å². The zero-order valence-corrected chi connectivity index (χ0v) is 12.9.